The Morgan fingerprint density at radius 2 is 2.00 bits per heavy atom. The van der Waals surface area contributed by atoms with Crippen LogP contribution in [0.15, 0.2) is 30.3 Å². The molecule has 1 N–H and O–H groups in total. The molecule has 2 aromatic heterocycles. The Labute approximate surface area is 155 Å². The lowest BCUT2D eigenvalue weighted by Gasteiger charge is -2.13. The molecular formula is C19H20FN5O2. The first-order valence-corrected chi connectivity index (χ1v) is 8.72. The summed E-state index contributed by atoms with van der Waals surface area (Å²) in [5.41, 5.74) is 4.83. The largest absolute Gasteiger partial charge is 0.376 e. The summed E-state index contributed by atoms with van der Waals surface area (Å²) in [6, 6.07) is 7.71. The minimum atomic E-state index is -0.310. The van der Waals surface area contributed by atoms with Gasteiger partial charge in [-0.15, -0.1) is 0 Å². The minimum absolute atomic E-state index is 0.241. The number of fused-ring (bicyclic) bond motifs is 1. The lowest BCUT2D eigenvalue weighted by molar-refractivity contribution is 0.0938. The Kier molecular flexibility index (Phi) is 4.49. The summed E-state index contributed by atoms with van der Waals surface area (Å²) in [4.78, 5) is 12.6. The van der Waals surface area contributed by atoms with E-state index in [1.807, 2.05) is 11.7 Å². The Morgan fingerprint density at radius 1 is 1.22 bits per heavy atom. The number of ether oxygens (including phenoxy) is 1. The maximum atomic E-state index is 13.1. The first-order chi connectivity index (χ1) is 13.0. The van der Waals surface area contributed by atoms with E-state index < -0.39 is 0 Å². The summed E-state index contributed by atoms with van der Waals surface area (Å²) >= 11 is 0. The summed E-state index contributed by atoms with van der Waals surface area (Å²) in [5, 5.41) is 11.8. The van der Waals surface area contributed by atoms with Crippen LogP contribution in [0.1, 0.15) is 27.4 Å². The molecule has 140 valence electrons. The topological polar surface area (TPSA) is 74.0 Å². The van der Waals surface area contributed by atoms with Crippen molar-refractivity contribution in [1.82, 2.24) is 24.9 Å². The first-order valence-electron chi connectivity index (χ1n) is 8.72. The molecule has 0 atom stereocenters. The first kappa shape index (κ1) is 17.4. The van der Waals surface area contributed by atoms with Crippen LogP contribution in [0.4, 0.5) is 4.39 Å². The second-order valence-corrected chi connectivity index (χ2v) is 6.53. The summed E-state index contributed by atoms with van der Waals surface area (Å²) in [5.74, 6) is -0.551. The van der Waals surface area contributed by atoms with Gasteiger partial charge in [-0.25, -0.2) is 4.39 Å². The normalized spacial score (nSPS) is 13.4. The Bertz CT molecular complexity index is 990. The minimum Gasteiger partial charge on any atom is -0.376 e. The highest BCUT2D eigenvalue weighted by Gasteiger charge is 2.21. The summed E-state index contributed by atoms with van der Waals surface area (Å²) in [6.07, 6.45) is 0.829. The van der Waals surface area contributed by atoms with Crippen molar-refractivity contribution in [2.24, 2.45) is 14.1 Å². The van der Waals surface area contributed by atoms with Gasteiger partial charge < -0.3 is 10.1 Å². The molecule has 3 heterocycles. The van der Waals surface area contributed by atoms with Gasteiger partial charge in [0.15, 0.2) is 0 Å². The number of nitrogens with zero attached hydrogens (tertiary/aromatic N) is 4. The van der Waals surface area contributed by atoms with Crippen LogP contribution < -0.4 is 5.32 Å². The van der Waals surface area contributed by atoms with E-state index in [0.29, 0.717) is 31.1 Å². The van der Waals surface area contributed by atoms with Gasteiger partial charge >= 0.3 is 0 Å². The van der Waals surface area contributed by atoms with Crippen molar-refractivity contribution in [2.75, 3.05) is 6.61 Å². The van der Waals surface area contributed by atoms with E-state index >= 15 is 0 Å². The molecule has 0 aliphatic carbocycles. The van der Waals surface area contributed by atoms with E-state index in [4.69, 9.17) is 4.74 Å². The van der Waals surface area contributed by atoms with Gasteiger partial charge in [-0.2, -0.15) is 10.2 Å². The maximum Gasteiger partial charge on any atom is 0.269 e. The predicted molar refractivity (Wildman–Crippen MR) is 96.3 cm³/mol. The third-order valence-corrected chi connectivity index (χ3v) is 4.76. The number of carbonyl (C=O) groups excluding carboxylic acids is 1. The van der Waals surface area contributed by atoms with Crippen LogP contribution in [0.2, 0.25) is 0 Å². The number of rotatable bonds is 4. The average Bonchev–Trinajstić information content (AvgIpc) is 3.21. The van der Waals surface area contributed by atoms with Crippen LogP contribution in [-0.2, 0) is 38.4 Å². The highest BCUT2D eigenvalue weighted by molar-refractivity contribution is 5.93. The third kappa shape index (κ3) is 3.35. The van der Waals surface area contributed by atoms with Gasteiger partial charge in [0.25, 0.3) is 5.91 Å². The quantitative estimate of drug-likeness (QED) is 0.763. The monoisotopic (exact) mass is 369 g/mol. The molecule has 0 fully saturated rings. The van der Waals surface area contributed by atoms with Gasteiger partial charge in [0.2, 0.25) is 0 Å². The van der Waals surface area contributed by atoms with Gasteiger partial charge in [0.1, 0.15) is 11.5 Å². The number of aromatic nitrogens is 4. The molecule has 0 radical (unpaired) electrons. The van der Waals surface area contributed by atoms with E-state index in [-0.39, 0.29) is 11.7 Å². The number of carbonyl (C=O) groups is 1. The molecule has 0 spiro atoms. The Morgan fingerprint density at radius 3 is 2.78 bits per heavy atom. The van der Waals surface area contributed by atoms with Crippen LogP contribution in [0.5, 0.6) is 0 Å². The van der Waals surface area contributed by atoms with Gasteiger partial charge in [0, 0.05) is 37.3 Å². The third-order valence-electron chi connectivity index (χ3n) is 4.76. The van der Waals surface area contributed by atoms with Crippen molar-refractivity contribution < 1.29 is 13.9 Å². The van der Waals surface area contributed by atoms with Crippen molar-refractivity contribution in [3.8, 4) is 11.3 Å². The average molecular weight is 369 g/mol. The smallest absolute Gasteiger partial charge is 0.269 e. The number of aryl methyl sites for hydroxylation is 2. The summed E-state index contributed by atoms with van der Waals surface area (Å²) < 4.78 is 22.0. The van der Waals surface area contributed by atoms with Crippen molar-refractivity contribution in [3.05, 3.63) is 58.8 Å². The molecule has 8 heteroatoms. The number of hydrogen-bond acceptors (Lipinski definition) is 4. The van der Waals surface area contributed by atoms with Crippen molar-refractivity contribution in [1.29, 1.82) is 0 Å². The Hall–Kier alpha value is -3.00. The lowest BCUT2D eigenvalue weighted by atomic mass is 10.1. The molecule has 27 heavy (non-hydrogen) atoms. The highest BCUT2D eigenvalue weighted by Crippen LogP contribution is 2.21. The molecule has 0 unspecified atom stereocenters. The van der Waals surface area contributed by atoms with Crippen LogP contribution in [-0.4, -0.2) is 32.1 Å². The van der Waals surface area contributed by atoms with E-state index in [1.54, 1.807) is 25.2 Å². The van der Waals surface area contributed by atoms with Crippen LogP contribution in [0, 0.1) is 5.82 Å². The van der Waals surface area contributed by atoms with Gasteiger partial charge in [0.05, 0.1) is 31.1 Å². The van der Waals surface area contributed by atoms with Gasteiger partial charge in [-0.1, -0.05) is 0 Å². The molecule has 7 nitrogen and oxygen atoms in total. The zero-order chi connectivity index (χ0) is 19.0. The van der Waals surface area contributed by atoms with E-state index in [2.05, 4.69) is 15.5 Å². The number of amides is 1. The standard InChI is InChI=1S/C19H20FN5O2/c1-24-17-7-8-27-11-14(17)16(23-24)10-21-19(26)18-9-15(22-25(18)2)12-3-5-13(20)6-4-12/h3-6,9H,7-8,10-11H2,1-2H3,(H,21,26). The number of benzene rings is 1. The molecule has 1 amide bonds. The lowest BCUT2D eigenvalue weighted by Crippen LogP contribution is -2.26. The maximum absolute atomic E-state index is 13.1. The number of nitrogens with one attached hydrogen (secondary N) is 1. The highest BCUT2D eigenvalue weighted by atomic mass is 19.1. The van der Waals surface area contributed by atoms with Crippen molar-refractivity contribution in [3.63, 3.8) is 0 Å². The molecule has 0 saturated heterocycles. The predicted octanol–water partition coefficient (Wildman–Crippen LogP) is 1.96. The fourth-order valence-corrected chi connectivity index (χ4v) is 3.32. The van der Waals surface area contributed by atoms with E-state index in [0.717, 1.165) is 28.9 Å². The Balaban J connectivity index is 1.50. The molecule has 3 aromatic rings. The zero-order valence-corrected chi connectivity index (χ0v) is 15.2. The molecule has 0 bridgehead atoms. The molecule has 1 aliphatic rings. The summed E-state index contributed by atoms with van der Waals surface area (Å²) in [6.45, 7) is 1.54. The number of halogens is 1. The van der Waals surface area contributed by atoms with E-state index in [9.17, 15) is 9.18 Å². The van der Waals surface area contributed by atoms with E-state index in [1.165, 1.54) is 16.8 Å². The molecule has 1 aliphatic heterocycles. The molecule has 4 rings (SSSR count). The number of hydrogen-bond donors (Lipinski definition) is 1. The van der Waals surface area contributed by atoms with Gasteiger partial charge in [-0.3, -0.25) is 14.2 Å². The SMILES string of the molecule is Cn1nc(-c2ccc(F)cc2)cc1C(=O)NCc1nn(C)c2c1COCC2. The van der Waals surface area contributed by atoms with Crippen LogP contribution in [0.25, 0.3) is 11.3 Å². The van der Waals surface area contributed by atoms with Crippen LogP contribution in [0.3, 0.4) is 0 Å². The zero-order valence-electron chi connectivity index (χ0n) is 15.2. The van der Waals surface area contributed by atoms with Crippen LogP contribution >= 0.6 is 0 Å². The summed E-state index contributed by atoms with van der Waals surface area (Å²) in [7, 11) is 3.62. The molecule has 1 aromatic carbocycles. The molecule has 0 saturated carbocycles. The van der Waals surface area contributed by atoms with Crippen molar-refractivity contribution in [2.45, 2.75) is 19.6 Å². The fraction of sp³-hybridized carbons (Fsp3) is 0.316. The second kappa shape index (κ2) is 6.96. The fourth-order valence-electron chi connectivity index (χ4n) is 3.32. The van der Waals surface area contributed by atoms with Gasteiger partial charge in [-0.05, 0) is 30.3 Å². The van der Waals surface area contributed by atoms with Crippen molar-refractivity contribution >= 4 is 5.91 Å². The second-order valence-electron chi connectivity index (χ2n) is 6.53. The molecular weight excluding hydrogens is 349 g/mol.